The first kappa shape index (κ1) is 17.4. The van der Waals surface area contributed by atoms with Gasteiger partial charge in [0.1, 0.15) is 0 Å². The van der Waals surface area contributed by atoms with Crippen LogP contribution in [0.5, 0.6) is 0 Å². The molecule has 7 heteroatoms. The van der Waals surface area contributed by atoms with Gasteiger partial charge in [-0.2, -0.15) is 0 Å². The van der Waals surface area contributed by atoms with Crippen LogP contribution in [0.15, 0.2) is 0 Å². The number of rotatable bonds is 4. The fourth-order valence-electron chi connectivity index (χ4n) is 2.20. The molecule has 1 rings (SSSR count). The summed E-state index contributed by atoms with van der Waals surface area (Å²) in [5.41, 5.74) is 0. The summed E-state index contributed by atoms with van der Waals surface area (Å²) in [7, 11) is -0.273. The van der Waals surface area contributed by atoms with Crippen LogP contribution in [-0.2, 0) is 19.7 Å². The van der Waals surface area contributed by atoms with E-state index in [2.05, 4.69) is 4.72 Å². The summed E-state index contributed by atoms with van der Waals surface area (Å²) in [6, 6.07) is -0.0730. The Labute approximate surface area is 121 Å². The topological polar surface area (TPSA) is 75.7 Å². The highest BCUT2D eigenvalue weighted by Crippen LogP contribution is 2.27. The number of nitrogens with one attached hydrogen (secondary N) is 1. The molecule has 0 saturated heterocycles. The zero-order chi connectivity index (χ0) is 15.6. The molecule has 6 nitrogen and oxygen atoms in total. The second kappa shape index (κ2) is 6.41. The van der Waals surface area contributed by atoms with Gasteiger partial charge in [-0.3, -0.25) is 9.63 Å². The van der Waals surface area contributed by atoms with Crippen molar-refractivity contribution in [2.45, 2.75) is 57.2 Å². The SMILES string of the molecule is CON(C)C(=O)C1CCC(NS(=O)(=O)C(C)(C)C)CC1. The van der Waals surface area contributed by atoms with E-state index < -0.39 is 14.8 Å². The van der Waals surface area contributed by atoms with Crippen molar-refractivity contribution in [2.75, 3.05) is 14.2 Å². The summed E-state index contributed by atoms with van der Waals surface area (Å²) in [6.45, 7) is 5.04. The van der Waals surface area contributed by atoms with Gasteiger partial charge in [-0.05, 0) is 46.5 Å². The van der Waals surface area contributed by atoms with Gasteiger partial charge in [-0.1, -0.05) is 0 Å². The van der Waals surface area contributed by atoms with E-state index in [0.29, 0.717) is 25.7 Å². The Morgan fingerprint density at radius 3 is 2.10 bits per heavy atom. The minimum atomic E-state index is -3.33. The third-order valence-electron chi connectivity index (χ3n) is 3.79. The van der Waals surface area contributed by atoms with Gasteiger partial charge in [0.15, 0.2) is 0 Å². The molecule has 0 spiro atoms. The number of hydrogen-bond donors (Lipinski definition) is 1. The van der Waals surface area contributed by atoms with E-state index in [-0.39, 0.29) is 17.9 Å². The zero-order valence-electron chi connectivity index (χ0n) is 13.0. The Hall–Kier alpha value is -0.660. The van der Waals surface area contributed by atoms with Gasteiger partial charge in [-0.25, -0.2) is 18.2 Å². The standard InChI is InChI=1S/C13H26N2O4S/c1-13(2,3)20(17,18)14-11-8-6-10(7-9-11)12(16)15(4)19-5/h10-11,14H,6-9H2,1-5H3. The van der Waals surface area contributed by atoms with Gasteiger partial charge in [0.2, 0.25) is 15.9 Å². The lowest BCUT2D eigenvalue weighted by molar-refractivity contribution is -0.174. The van der Waals surface area contributed by atoms with Crippen LogP contribution in [0.1, 0.15) is 46.5 Å². The van der Waals surface area contributed by atoms with Gasteiger partial charge in [0, 0.05) is 19.0 Å². The van der Waals surface area contributed by atoms with Gasteiger partial charge in [-0.15, -0.1) is 0 Å². The third kappa shape index (κ3) is 4.17. The average Bonchev–Trinajstić information content (AvgIpc) is 2.36. The summed E-state index contributed by atoms with van der Waals surface area (Å²) in [5, 5.41) is 1.24. The van der Waals surface area contributed by atoms with Crippen LogP contribution in [0.2, 0.25) is 0 Å². The lowest BCUT2D eigenvalue weighted by Gasteiger charge is -2.31. The van der Waals surface area contributed by atoms with Crippen LogP contribution in [0.4, 0.5) is 0 Å². The Morgan fingerprint density at radius 2 is 1.70 bits per heavy atom. The molecule has 1 N–H and O–H groups in total. The van der Waals surface area contributed by atoms with Crippen molar-refractivity contribution in [3.8, 4) is 0 Å². The maximum atomic E-state index is 12.1. The molecule has 118 valence electrons. The van der Waals surface area contributed by atoms with Crippen LogP contribution in [0.3, 0.4) is 0 Å². The molecule has 1 saturated carbocycles. The lowest BCUT2D eigenvalue weighted by Crippen LogP contribution is -2.46. The summed E-state index contributed by atoms with van der Waals surface area (Å²) >= 11 is 0. The molecule has 1 fully saturated rings. The van der Waals surface area contributed by atoms with Crippen molar-refractivity contribution in [1.82, 2.24) is 9.79 Å². The van der Waals surface area contributed by atoms with Crippen LogP contribution in [0, 0.1) is 5.92 Å². The van der Waals surface area contributed by atoms with Crippen molar-refractivity contribution in [3.05, 3.63) is 0 Å². The molecule has 0 radical (unpaired) electrons. The number of carbonyl (C=O) groups excluding carboxylic acids is 1. The molecular weight excluding hydrogens is 280 g/mol. The highest BCUT2D eigenvalue weighted by atomic mass is 32.2. The first-order chi connectivity index (χ1) is 9.08. The van der Waals surface area contributed by atoms with E-state index in [4.69, 9.17) is 4.84 Å². The molecule has 0 bridgehead atoms. The Morgan fingerprint density at radius 1 is 1.20 bits per heavy atom. The van der Waals surface area contributed by atoms with E-state index in [1.807, 2.05) is 0 Å². The third-order valence-corrected chi connectivity index (χ3v) is 6.04. The fraction of sp³-hybridized carbons (Fsp3) is 0.923. The number of sulfonamides is 1. The van der Waals surface area contributed by atoms with E-state index in [1.54, 1.807) is 27.8 Å². The molecule has 0 atom stereocenters. The largest absolute Gasteiger partial charge is 0.275 e. The second-order valence-corrected chi connectivity index (χ2v) is 8.77. The van der Waals surface area contributed by atoms with Crippen molar-refractivity contribution >= 4 is 15.9 Å². The molecule has 20 heavy (non-hydrogen) atoms. The summed E-state index contributed by atoms with van der Waals surface area (Å²) in [4.78, 5) is 16.8. The highest BCUT2D eigenvalue weighted by Gasteiger charge is 2.34. The lowest BCUT2D eigenvalue weighted by atomic mass is 9.86. The molecule has 0 aromatic carbocycles. The number of nitrogens with zero attached hydrogens (tertiary/aromatic N) is 1. The molecule has 0 unspecified atom stereocenters. The van der Waals surface area contributed by atoms with Gasteiger partial charge in [0.05, 0.1) is 11.9 Å². The van der Waals surface area contributed by atoms with Crippen molar-refractivity contribution < 1.29 is 18.0 Å². The number of hydrogen-bond acceptors (Lipinski definition) is 4. The summed E-state index contributed by atoms with van der Waals surface area (Å²) in [6.07, 6.45) is 2.74. The quantitative estimate of drug-likeness (QED) is 0.794. The van der Waals surface area contributed by atoms with Crippen molar-refractivity contribution in [3.63, 3.8) is 0 Å². The van der Waals surface area contributed by atoms with Gasteiger partial charge in [0.25, 0.3) is 0 Å². The van der Waals surface area contributed by atoms with Crippen molar-refractivity contribution in [2.24, 2.45) is 5.92 Å². The molecule has 0 aromatic heterocycles. The van der Waals surface area contributed by atoms with E-state index in [9.17, 15) is 13.2 Å². The molecule has 0 aromatic rings. The molecular formula is C13H26N2O4S. The predicted octanol–water partition coefficient (Wildman–Crippen LogP) is 1.28. The molecule has 1 aliphatic rings. The van der Waals surface area contributed by atoms with Crippen LogP contribution < -0.4 is 4.72 Å². The van der Waals surface area contributed by atoms with Crippen LogP contribution in [-0.4, -0.2) is 44.3 Å². The van der Waals surface area contributed by atoms with Gasteiger partial charge >= 0.3 is 0 Å². The Balaban J connectivity index is 2.54. The van der Waals surface area contributed by atoms with E-state index in [0.717, 1.165) is 0 Å². The number of amides is 1. The monoisotopic (exact) mass is 306 g/mol. The second-order valence-electron chi connectivity index (χ2n) is 6.30. The molecule has 1 amide bonds. The predicted molar refractivity (Wildman–Crippen MR) is 77.3 cm³/mol. The molecule has 0 aliphatic heterocycles. The molecule has 1 aliphatic carbocycles. The maximum Gasteiger partial charge on any atom is 0.248 e. The normalized spacial score (nSPS) is 24.4. The minimum Gasteiger partial charge on any atom is -0.275 e. The van der Waals surface area contributed by atoms with Crippen molar-refractivity contribution in [1.29, 1.82) is 0 Å². The average molecular weight is 306 g/mol. The number of carbonyl (C=O) groups is 1. The highest BCUT2D eigenvalue weighted by molar-refractivity contribution is 7.90. The molecule has 0 heterocycles. The smallest absolute Gasteiger partial charge is 0.248 e. The van der Waals surface area contributed by atoms with Crippen LogP contribution in [0.25, 0.3) is 0 Å². The fourth-order valence-corrected chi connectivity index (χ4v) is 3.23. The first-order valence-electron chi connectivity index (χ1n) is 6.92. The van der Waals surface area contributed by atoms with E-state index in [1.165, 1.54) is 12.2 Å². The van der Waals surface area contributed by atoms with Crippen LogP contribution >= 0.6 is 0 Å². The van der Waals surface area contributed by atoms with Gasteiger partial charge < -0.3 is 0 Å². The Bertz CT molecular complexity index is 434. The summed E-state index contributed by atoms with van der Waals surface area (Å²) < 4.78 is 26.1. The minimum absolute atomic E-state index is 0.0374. The zero-order valence-corrected chi connectivity index (χ0v) is 13.8. The Kier molecular flexibility index (Phi) is 5.57. The number of hydroxylamine groups is 2. The van der Waals surface area contributed by atoms with E-state index >= 15 is 0 Å². The first-order valence-corrected chi connectivity index (χ1v) is 8.40. The maximum absolute atomic E-state index is 12.1. The summed E-state index contributed by atoms with van der Waals surface area (Å²) in [5.74, 6) is -0.111.